The number of hydrogen-bond acceptors (Lipinski definition) is 2. The molecule has 1 saturated heterocycles. The highest BCUT2D eigenvalue weighted by atomic mass is 16.3. The summed E-state index contributed by atoms with van der Waals surface area (Å²) in [6, 6.07) is 0. The van der Waals surface area contributed by atoms with Gasteiger partial charge in [-0.1, -0.05) is 7.43 Å². The molecule has 9 heavy (non-hydrogen) atoms. The van der Waals surface area contributed by atoms with E-state index in [0.717, 1.165) is 6.54 Å². The normalized spacial score (nSPS) is 19.7. The summed E-state index contributed by atoms with van der Waals surface area (Å²) in [5.74, 6) is 0. The maximum absolute atomic E-state index is 8.48. The molecule has 0 radical (unpaired) electrons. The van der Waals surface area contributed by atoms with Crippen molar-refractivity contribution in [3.8, 4) is 0 Å². The molecule has 1 aliphatic heterocycles. The van der Waals surface area contributed by atoms with Crippen LogP contribution in [0.15, 0.2) is 0 Å². The Labute approximate surface area is 57.5 Å². The Balaban J connectivity index is 0.000000640. The fraction of sp³-hybridized carbons (Fsp3) is 1.00. The number of nitrogens with zero attached hydrogens (tertiary/aromatic N) is 1. The first-order chi connectivity index (χ1) is 3.93. The minimum absolute atomic E-state index is 0. The van der Waals surface area contributed by atoms with E-state index in [0.29, 0.717) is 6.61 Å². The Kier molecular flexibility index (Phi) is 4.72. The first-order valence-electron chi connectivity index (χ1n) is 3.26. The van der Waals surface area contributed by atoms with Gasteiger partial charge in [0.1, 0.15) is 0 Å². The van der Waals surface area contributed by atoms with Crippen LogP contribution in [-0.2, 0) is 0 Å². The number of aliphatic hydroxyl groups excluding tert-OH is 1. The SMILES string of the molecule is C.OCCN1CCCC1. The quantitative estimate of drug-likeness (QED) is 0.596. The van der Waals surface area contributed by atoms with Crippen molar-refractivity contribution < 1.29 is 5.11 Å². The van der Waals surface area contributed by atoms with Gasteiger partial charge in [0.2, 0.25) is 0 Å². The van der Waals surface area contributed by atoms with E-state index in [9.17, 15) is 0 Å². The molecule has 0 saturated carbocycles. The molecule has 2 heteroatoms. The van der Waals surface area contributed by atoms with Gasteiger partial charge in [0.15, 0.2) is 0 Å². The van der Waals surface area contributed by atoms with Crippen molar-refractivity contribution in [3.63, 3.8) is 0 Å². The van der Waals surface area contributed by atoms with E-state index in [4.69, 9.17) is 5.11 Å². The second-order valence-electron chi connectivity index (χ2n) is 2.27. The van der Waals surface area contributed by atoms with Crippen molar-refractivity contribution in [2.75, 3.05) is 26.2 Å². The van der Waals surface area contributed by atoms with Crippen molar-refractivity contribution in [1.82, 2.24) is 4.90 Å². The van der Waals surface area contributed by atoms with Crippen LogP contribution in [0.4, 0.5) is 0 Å². The zero-order valence-electron chi connectivity index (χ0n) is 5.14. The molecule has 0 atom stereocenters. The molecule has 0 aliphatic carbocycles. The summed E-state index contributed by atoms with van der Waals surface area (Å²) in [5.41, 5.74) is 0. The van der Waals surface area contributed by atoms with Crippen molar-refractivity contribution in [1.29, 1.82) is 0 Å². The van der Waals surface area contributed by atoms with Gasteiger partial charge in [-0.3, -0.25) is 0 Å². The van der Waals surface area contributed by atoms with E-state index >= 15 is 0 Å². The van der Waals surface area contributed by atoms with Crippen molar-refractivity contribution >= 4 is 0 Å². The molecular formula is C7H17NO. The Morgan fingerprint density at radius 3 is 2.22 bits per heavy atom. The molecule has 0 aromatic carbocycles. The number of hydrogen-bond donors (Lipinski definition) is 1. The summed E-state index contributed by atoms with van der Waals surface area (Å²) in [6.07, 6.45) is 2.64. The third-order valence-corrected chi connectivity index (χ3v) is 1.61. The van der Waals surface area contributed by atoms with Crippen LogP contribution in [0.2, 0.25) is 0 Å². The molecule has 0 aromatic rings. The molecule has 1 heterocycles. The topological polar surface area (TPSA) is 23.5 Å². The number of rotatable bonds is 2. The van der Waals surface area contributed by atoms with Crippen molar-refractivity contribution in [2.24, 2.45) is 0 Å². The van der Waals surface area contributed by atoms with Crippen LogP contribution in [0.5, 0.6) is 0 Å². The standard InChI is InChI=1S/C6H13NO.CH4/c8-6-5-7-3-1-2-4-7;/h8H,1-6H2;1H4. The number of β-amino-alcohol motifs (C(OH)–C–C–N with tert-alkyl or cyclic N) is 1. The van der Waals surface area contributed by atoms with Crippen molar-refractivity contribution in [2.45, 2.75) is 20.3 Å². The van der Waals surface area contributed by atoms with Crippen LogP contribution in [-0.4, -0.2) is 36.2 Å². The highest BCUT2D eigenvalue weighted by Crippen LogP contribution is 2.04. The van der Waals surface area contributed by atoms with E-state index in [1.165, 1.54) is 25.9 Å². The summed E-state index contributed by atoms with van der Waals surface area (Å²) in [4.78, 5) is 2.29. The lowest BCUT2D eigenvalue weighted by molar-refractivity contribution is 0.221. The molecule has 0 spiro atoms. The summed E-state index contributed by atoms with van der Waals surface area (Å²) < 4.78 is 0. The minimum atomic E-state index is 0. The molecule has 1 aliphatic rings. The number of aliphatic hydroxyl groups is 1. The molecule has 2 nitrogen and oxygen atoms in total. The maximum atomic E-state index is 8.48. The molecule has 0 amide bonds. The van der Waals surface area contributed by atoms with Gasteiger partial charge in [0.25, 0.3) is 0 Å². The highest BCUT2D eigenvalue weighted by Gasteiger charge is 2.08. The first kappa shape index (κ1) is 8.92. The van der Waals surface area contributed by atoms with E-state index in [2.05, 4.69) is 4.90 Å². The van der Waals surface area contributed by atoms with Crippen LogP contribution in [0.1, 0.15) is 20.3 Å². The first-order valence-corrected chi connectivity index (χ1v) is 3.26. The van der Waals surface area contributed by atoms with E-state index < -0.39 is 0 Å². The lowest BCUT2D eigenvalue weighted by atomic mass is 10.4. The predicted octanol–water partition coefficient (Wildman–Crippen LogP) is 0.711. The van der Waals surface area contributed by atoms with Gasteiger partial charge in [0, 0.05) is 6.54 Å². The maximum Gasteiger partial charge on any atom is 0.0558 e. The molecule has 0 bridgehead atoms. The molecular weight excluding hydrogens is 114 g/mol. The Morgan fingerprint density at radius 2 is 1.78 bits per heavy atom. The zero-order valence-corrected chi connectivity index (χ0v) is 5.14. The molecule has 1 fully saturated rings. The minimum Gasteiger partial charge on any atom is -0.395 e. The second-order valence-corrected chi connectivity index (χ2v) is 2.27. The lowest BCUT2D eigenvalue weighted by Gasteiger charge is -2.10. The van der Waals surface area contributed by atoms with Crippen LogP contribution in [0, 0.1) is 0 Å². The third-order valence-electron chi connectivity index (χ3n) is 1.61. The van der Waals surface area contributed by atoms with Crippen LogP contribution < -0.4 is 0 Å². The third kappa shape index (κ3) is 2.82. The molecule has 1 rings (SSSR count). The van der Waals surface area contributed by atoms with Crippen LogP contribution >= 0.6 is 0 Å². The fourth-order valence-electron chi connectivity index (χ4n) is 1.15. The van der Waals surface area contributed by atoms with Gasteiger partial charge >= 0.3 is 0 Å². The summed E-state index contributed by atoms with van der Waals surface area (Å²) >= 11 is 0. The van der Waals surface area contributed by atoms with Gasteiger partial charge in [-0.05, 0) is 25.9 Å². The average Bonchev–Trinajstić information content (AvgIpc) is 2.19. The van der Waals surface area contributed by atoms with Gasteiger partial charge in [-0.2, -0.15) is 0 Å². The predicted molar refractivity (Wildman–Crippen MR) is 39.5 cm³/mol. The summed E-state index contributed by atoms with van der Waals surface area (Å²) in [6.45, 7) is 3.58. The Hall–Kier alpha value is -0.0800. The smallest absolute Gasteiger partial charge is 0.0558 e. The van der Waals surface area contributed by atoms with Gasteiger partial charge < -0.3 is 10.0 Å². The Morgan fingerprint density at radius 1 is 1.22 bits per heavy atom. The fourth-order valence-corrected chi connectivity index (χ4v) is 1.15. The number of likely N-dealkylation sites (tertiary alicyclic amines) is 1. The van der Waals surface area contributed by atoms with Gasteiger partial charge in [-0.25, -0.2) is 0 Å². The molecule has 56 valence electrons. The van der Waals surface area contributed by atoms with Crippen LogP contribution in [0.25, 0.3) is 0 Å². The van der Waals surface area contributed by atoms with Gasteiger partial charge in [0.05, 0.1) is 6.61 Å². The van der Waals surface area contributed by atoms with Crippen molar-refractivity contribution in [3.05, 3.63) is 0 Å². The summed E-state index contributed by atoms with van der Waals surface area (Å²) in [7, 11) is 0. The summed E-state index contributed by atoms with van der Waals surface area (Å²) in [5, 5.41) is 8.48. The Bertz CT molecular complexity index is 59.9. The second kappa shape index (κ2) is 4.77. The average molecular weight is 131 g/mol. The zero-order chi connectivity index (χ0) is 5.82. The monoisotopic (exact) mass is 131 g/mol. The van der Waals surface area contributed by atoms with E-state index in [1.807, 2.05) is 0 Å². The molecule has 1 N–H and O–H groups in total. The lowest BCUT2D eigenvalue weighted by Crippen LogP contribution is -2.22. The molecule has 0 unspecified atom stereocenters. The highest BCUT2D eigenvalue weighted by molar-refractivity contribution is 4.64. The van der Waals surface area contributed by atoms with E-state index in [-0.39, 0.29) is 7.43 Å². The van der Waals surface area contributed by atoms with E-state index in [1.54, 1.807) is 0 Å². The van der Waals surface area contributed by atoms with Crippen LogP contribution in [0.3, 0.4) is 0 Å². The molecule has 0 aromatic heterocycles. The largest absolute Gasteiger partial charge is 0.395 e. The van der Waals surface area contributed by atoms with Gasteiger partial charge in [-0.15, -0.1) is 0 Å².